The molecule has 0 unspecified atom stereocenters. The molecule has 0 spiro atoms. The van der Waals surface area contributed by atoms with Gasteiger partial charge in [0.05, 0.1) is 5.75 Å². The van der Waals surface area contributed by atoms with Gasteiger partial charge in [0, 0.05) is 24.3 Å². The standard InChI is InChI=1S/C11H19BrF3NO2S/c12-7-3-8-16(10-4-1-5-10)19(17,18)9-2-6-11(13,14)15/h10H,1-9H2. The first kappa shape index (κ1) is 17.2. The molecule has 0 aliphatic heterocycles. The van der Waals surface area contributed by atoms with Crippen LogP contribution in [-0.2, 0) is 10.0 Å². The van der Waals surface area contributed by atoms with Gasteiger partial charge in [-0.3, -0.25) is 0 Å². The van der Waals surface area contributed by atoms with E-state index < -0.39 is 28.4 Å². The molecule has 0 bridgehead atoms. The molecule has 8 heteroatoms. The fourth-order valence-corrected chi connectivity index (χ4v) is 4.08. The van der Waals surface area contributed by atoms with Crippen LogP contribution in [-0.4, -0.2) is 42.6 Å². The van der Waals surface area contributed by atoms with E-state index in [9.17, 15) is 21.6 Å². The maximum absolute atomic E-state index is 12.1. The molecule has 3 nitrogen and oxygen atoms in total. The Morgan fingerprint density at radius 3 is 2.26 bits per heavy atom. The summed E-state index contributed by atoms with van der Waals surface area (Å²) in [5, 5.41) is 0.689. The number of rotatable bonds is 8. The molecule has 1 aliphatic rings. The van der Waals surface area contributed by atoms with Crippen molar-refractivity contribution >= 4 is 26.0 Å². The summed E-state index contributed by atoms with van der Waals surface area (Å²) < 4.78 is 61.8. The fraction of sp³-hybridized carbons (Fsp3) is 1.00. The first-order valence-electron chi connectivity index (χ1n) is 6.38. The molecule has 1 fully saturated rings. The Labute approximate surface area is 120 Å². The highest BCUT2D eigenvalue weighted by Gasteiger charge is 2.34. The minimum Gasteiger partial charge on any atom is -0.212 e. The molecule has 0 atom stereocenters. The summed E-state index contributed by atoms with van der Waals surface area (Å²) in [5.41, 5.74) is 0. The Kier molecular flexibility index (Phi) is 6.59. The minimum atomic E-state index is -4.29. The van der Waals surface area contributed by atoms with Crippen LogP contribution in [0.4, 0.5) is 13.2 Å². The number of halogens is 4. The first-order valence-corrected chi connectivity index (χ1v) is 9.11. The Balaban J connectivity index is 2.54. The van der Waals surface area contributed by atoms with E-state index in [1.165, 1.54) is 4.31 Å². The summed E-state index contributed by atoms with van der Waals surface area (Å²) in [4.78, 5) is 0. The van der Waals surface area contributed by atoms with Crippen molar-refractivity contribution in [2.24, 2.45) is 0 Å². The van der Waals surface area contributed by atoms with Crippen molar-refractivity contribution in [2.75, 3.05) is 17.6 Å². The maximum atomic E-state index is 12.1. The summed E-state index contributed by atoms with van der Waals surface area (Å²) >= 11 is 3.24. The van der Waals surface area contributed by atoms with Crippen LogP contribution in [0, 0.1) is 0 Å². The first-order chi connectivity index (χ1) is 8.76. The Morgan fingerprint density at radius 2 is 1.84 bits per heavy atom. The quantitative estimate of drug-likeness (QED) is 0.619. The molecule has 0 saturated heterocycles. The maximum Gasteiger partial charge on any atom is 0.389 e. The van der Waals surface area contributed by atoms with Crippen molar-refractivity contribution in [3.05, 3.63) is 0 Å². The number of hydrogen-bond acceptors (Lipinski definition) is 2. The predicted octanol–water partition coefficient (Wildman–Crippen LogP) is 3.30. The number of nitrogens with zero attached hydrogens (tertiary/aromatic N) is 1. The summed E-state index contributed by atoms with van der Waals surface area (Å²) in [6.07, 6.45) is -2.37. The summed E-state index contributed by atoms with van der Waals surface area (Å²) in [5.74, 6) is -0.411. The molecule has 1 aliphatic carbocycles. The monoisotopic (exact) mass is 365 g/mol. The molecule has 1 saturated carbocycles. The average molecular weight is 366 g/mol. The van der Waals surface area contributed by atoms with Crippen molar-refractivity contribution in [3.63, 3.8) is 0 Å². The Morgan fingerprint density at radius 1 is 1.21 bits per heavy atom. The van der Waals surface area contributed by atoms with Crippen LogP contribution in [0.2, 0.25) is 0 Å². The zero-order valence-electron chi connectivity index (χ0n) is 10.6. The van der Waals surface area contributed by atoms with Crippen molar-refractivity contribution < 1.29 is 21.6 Å². The third kappa shape index (κ3) is 5.99. The van der Waals surface area contributed by atoms with E-state index in [1.807, 2.05) is 0 Å². The van der Waals surface area contributed by atoms with E-state index in [1.54, 1.807) is 0 Å². The van der Waals surface area contributed by atoms with Crippen LogP contribution >= 0.6 is 15.9 Å². The van der Waals surface area contributed by atoms with Gasteiger partial charge in [-0.2, -0.15) is 17.5 Å². The van der Waals surface area contributed by atoms with Crippen LogP contribution in [0.25, 0.3) is 0 Å². The second kappa shape index (κ2) is 7.26. The van der Waals surface area contributed by atoms with Gasteiger partial charge in [-0.25, -0.2) is 8.42 Å². The van der Waals surface area contributed by atoms with E-state index in [4.69, 9.17) is 0 Å². The highest BCUT2D eigenvalue weighted by atomic mass is 79.9. The molecule has 0 radical (unpaired) electrons. The summed E-state index contributed by atoms with van der Waals surface area (Å²) in [6, 6.07) is -0.00469. The van der Waals surface area contributed by atoms with Crippen LogP contribution in [0.5, 0.6) is 0 Å². The van der Waals surface area contributed by atoms with Gasteiger partial charge in [0.25, 0.3) is 0 Å². The smallest absolute Gasteiger partial charge is 0.212 e. The van der Waals surface area contributed by atoms with Gasteiger partial charge in [-0.1, -0.05) is 22.4 Å². The molecule has 0 aromatic heterocycles. The summed E-state index contributed by atoms with van der Waals surface area (Å²) in [6.45, 7) is 0.393. The van der Waals surface area contributed by atoms with Gasteiger partial charge in [-0.05, 0) is 25.7 Å². The molecule has 114 valence electrons. The lowest BCUT2D eigenvalue weighted by Crippen LogP contribution is -2.45. The van der Waals surface area contributed by atoms with E-state index >= 15 is 0 Å². The largest absolute Gasteiger partial charge is 0.389 e. The third-order valence-corrected chi connectivity index (χ3v) is 5.77. The molecule has 0 aromatic carbocycles. The van der Waals surface area contributed by atoms with Gasteiger partial charge >= 0.3 is 6.18 Å². The Hall–Kier alpha value is 0.180. The topological polar surface area (TPSA) is 37.4 Å². The Bertz CT molecular complexity index is 369. The lowest BCUT2D eigenvalue weighted by atomic mass is 9.93. The second-order valence-electron chi connectivity index (χ2n) is 4.77. The molecular formula is C11H19BrF3NO2S. The van der Waals surface area contributed by atoms with Crippen LogP contribution in [0.1, 0.15) is 38.5 Å². The zero-order valence-corrected chi connectivity index (χ0v) is 13.0. The molecule has 0 amide bonds. The highest BCUT2D eigenvalue weighted by molar-refractivity contribution is 9.09. The van der Waals surface area contributed by atoms with Gasteiger partial charge in [0.15, 0.2) is 0 Å². The molecule has 0 N–H and O–H groups in total. The second-order valence-corrected chi connectivity index (χ2v) is 7.61. The van der Waals surface area contributed by atoms with Crippen LogP contribution < -0.4 is 0 Å². The van der Waals surface area contributed by atoms with Gasteiger partial charge < -0.3 is 0 Å². The van der Waals surface area contributed by atoms with Crippen molar-refractivity contribution in [1.29, 1.82) is 0 Å². The normalized spacial score (nSPS) is 17.7. The number of sulfonamides is 1. The predicted molar refractivity (Wildman–Crippen MR) is 71.8 cm³/mol. The fourth-order valence-electron chi connectivity index (χ4n) is 2.01. The highest BCUT2D eigenvalue weighted by Crippen LogP contribution is 2.28. The van der Waals surface area contributed by atoms with Gasteiger partial charge in [0.1, 0.15) is 0 Å². The van der Waals surface area contributed by atoms with Crippen LogP contribution in [0.15, 0.2) is 0 Å². The number of hydrogen-bond donors (Lipinski definition) is 0. The molecule has 0 heterocycles. The van der Waals surface area contributed by atoms with E-state index in [0.29, 0.717) is 18.3 Å². The molecule has 0 aromatic rings. The molecule has 1 rings (SSSR count). The van der Waals surface area contributed by atoms with Crippen molar-refractivity contribution in [2.45, 2.75) is 50.7 Å². The lowest BCUT2D eigenvalue weighted by molar-refractivity contribution is -0.134. The van der Waals surface area contributed by atoms with Crippen LogP contribution in [0.3, 0.4) is 0 Å². The third-order valence-electron chi connectivity index (χ3n) is 3.21. The van der Waals surface area contributed by atoms with Crippen molar-refractivity contribution in [3.8, 4) is 0 Å². The average Bonchev–Trinajstić information content (AvgIpc) is 2.18. The van der Waals surface area contributed by atoms with Gasteiger partial charge in [-0.15, -0.1) is 0 Å². The van der Waals surface area contributed by atoms with E-state index in [2.05, 4.69) is 15.9 Å². The zero-order chi connectivity index (χ0) is 14.5. The van der Waals surface area contributed by atoms with Crippen molar-refractivity contribution in [1.82, 2.24) is 4.31 Å². The van der Waals surface area contributed by atoms with Gasteiger partial charge in [0.2, 0.25) is 10.0 Å². The van der Waals surface area contributed by atoms with E-state index in [0.717, 1.165) is 19.3 Å². The molecule has 19 heavy (non-hydrogen) atoms. The minimum absolute atomic E-state index is 0.00469. The van der Waals surface area contributed by atoms with E-state index in [-0.39, 0.29) is 12.5 Å². The lowest BCUT2D eigenvalue weighted by Gasteiger charge is -2.36. The molecular weight excluding hydrogens is 347 g/mol. The summed E-state index contributed by atoms with van der Waals surface area (Å²) in [7, 11) is -3.56. The number of alkyl halides is 4. The SMILES string of the molecule is O=S(=O)(CCCC(F)(F)F)N(CCCBr)C1CCC1.